The van der Waals surface area contributed by atoms with Gasteiger partial charge in [0.2, 0.25) is 11.7 Å². The van der Waals surface area contributed by atoms with E-state index in [1.165, 1.54) is 38.5 Å². The van der Waals surface area contributed by atoms with E-state index < -0.39 is 0 Å². The van der Waals surface area contributed by atoms with Crippen molar-refractivity contribution in [2.45, 2.75) is 50.5 Å². The van der Waals surface area contributed by atoms with Crippen LogP contribution in [0, 0.1) is 0 Å². The van der Waals surface area contributed by atoms with Gasteiger partial charge in [0.1, 0.15) is 6.10 Å². The fourth-order valence-electron chi connectivity index (χ4n) is 2.80. The fraction of sp³-hybridized carbons (Fsp3) is 0.846. The molecule has 1 atom stereocenters. The predicted octanol–water partition coefficient (Wildman–Crippen LogP) is 2.17. The highest BCUT2D eigenvalue weighted by Crippen LogP contribution is 2.31. The number of morpholine rings is 1. The lowest BCUT2D eigenvalue weighted by atomic mass is 10.0. The zero-order valence-electron chi connectivity index (χ0n) is 10.7. The van der Waals surface area contributed by atoms with Gasteiger partial charge in [-0.25, -0.2) is 0 Å². The van der Waals surface area contributed by atoms with Crippen LogP contribution in [0.15, 0.2) is 4.52 Å². The number of ether oxygens (including phenoxy) is 1. The Hall–Kier alpha value is -0.940. The van der Waals surface area contributed by atoms with Crippen LogP contribution in [0.2, 0.25) is 0 Å². The summed E-state index contributed by atoms with van der Waals surface area (Å²) in [5.74, 6) is 1.99. The Balaban J connectivity index is 1.67. The Morgan fingerprint density at radius 1 is 1.11 bits per heavy atom. The first-order chi connectivity index (χ1) is 8.93. The van der Waals surface area contributed by atoms with E-state index >= 15 is 0 Å². The van der Waals surface area contributed by atoms with Crippen LogP contribution in [0.3, 0.4) is 0 Å². The normalized spacial score (nSPS) is 27.0. The molecule has 0 radical (unpaired) electrons. The molecule has 1 aliphatic heterocycles. The van der Waals surface area contributed by atoms with E-state index in [4.69, 9.17) is 9.26 Å². The molecule has 0 amide bonds. The maximum absolute atomic E-state index is 5.64. The van der Waals surface area contributed by atoms with E-state index in [1.807, 2.05) is 0 Å². The summed E-state index contributed by atoms with van der Waals surface area (Å²) in [5, 5.41) is 7.38. The zero-order chi connectivity index (χ0) is 12.2. The molecule has 0 spiro atoms. The second-order valence-electron chi connectivity index (χ2n) is 5.24. The van der Waals surface area contributed by atoms with Crippen molar-refractivity contribution >= 4 is 0 Å². The number of rotatable bonds is 2. The van der Waals surface area contributed by atoms with Crippen molar-refractivity contribution < 1.29 is 9.26 Å². The summed E-state index contributed by atoms with van der Waals surface area (Å²) in [7, 11) is 0. The van der Waals surface area contributed by atoms with Crippen molar-refractivity contribution in [1.82, 2.24) is 15.5 Å². The summed E-state index contributed by atoms with van der Waals surface area (Å²) in [6.45, 7) is 2.41. The highest BCUT2D eigenvalue weighted by atomic mass is 16.5. The highest BCUT2D eigenvalue weighted by molar-refractivity contribution is 4.98. The lowest BCUT2D eigenvalue weighted by Gasteiger charge is -2.20. The van der Waals surface area contributed by atoms with Gasteiger partial charge >= 0.3 is 0 Å². The second kappa shape index (κ2) is 5.80. The van der Waals surface area contributed by atoms with Crippen LogP contribution >= 0.6 is 0 Å². The molecule has 1 aromatic rings. The molecule has 1 aliphatic carbocycles. The van der Waals surface area contributed by atoms with Crippen molar-refractivity contribution in [2.75, 3.05) is 19.7 Å². The molecule has 18 heavy (non-hydrogen) atoms. The molecule has 3 rings (SSSR count). The van der Waals surface area contributed by atoms with E-state index in [-0.39, 0.29) is 6.10 Å². The minimum absolute atomic E-state index is 0.0398. The Kier molecular flexibility index (Phi) is 3.90. The molecule has 0 aromatic carbocycles. The maximum Gasteiger partial charge on any atom is 0.229 e. The SMILES string of the molecule is C1CCCC(c2nc(C3CNCCO3)no2)CC1. The standard InChI is InChI=1S/C13H21N3O2/c1-2-4-6-10(5-3-1)13-15-12(16-18-13)11-9-14-7-8-17-11/h10-11,14H,1-9H2. The average Bonchev–Trinajstić information content (AvgIpc) is 2.76. The molecular weight excluding hydrogens is 230 g/mol. The number of nitrogens with one attached hydrogen (secondary N) is 1. The van der Waals surface area contributed by atoms with Gasteiger partial charge in [0, 0.05) is 19.0 Å². The predicted molar refractivity (Wildman–Crippen MR) is 66.3 cm³/mol. The van der Waals surface area contributed by atoms with Gasteiger partial charge in [-0.1, -0.05) is 30.8 Å². The Bertz CT molecular complexity index is 366. The third kappa shape index (κ3) is 2.72. The molecule has 2 fully saturated rings. The molecule has 1 saturated carbocycles. The minimum Gasteiger partial charge on any atom is -0.367 e. The van der Waals surface area contributed by atoms with Gasteiger partial charge in [-0.15, -0.1) is 0 Å². The molecule has 5 heteroatoms. The van der Waals surface area contributed by atoms with E-state index in [2.05, 4.69) is 15.5 Å². The summed E-state index contributed by atoms with van der Waals surface area (Å²) in [4.78, 5) is 4.56. The van der Waals surface area contributed by atoms with Crippen LogP contribution in [0.5, 0.6) is 0 Å². The summed E-state index contributed by atoms with van der Waals surface area (Å²) >= 11 is 0. The average molecular weight is 251 g/mol. The van der Waals surface area contributed by atoms with E-state index in [9.17, 15) is 0 Å². The number of aromatic nitrogens is 2. The third-order valence-corrected chi connectivity index (χ3v) is 3.88. The Morgan fingerprint density at radius 2 is 1.94 bits per heavy atom. The zero-order valence-corrected chi connectivity index (χ0v) is 10.7. The van der Waals surface area contributed by atoms with Crippen LogP contribution in [-0.2, 0) is 4.74 Å². The van der Waals surface area contributed by atoms with Crippen LogP contribution in [0.1, 0.15) is 62.3 Å². The first-order valence-electron chi connectivity index (χ1n) is 7.09. The molecule has 2 heterocycles. The number of hydrogen-bond acceptors (Lipinski definition) is 5. The van der Waals surface area contributed by atoms with Crippen LogP contribution < -0.4 is 5.32 Å². The summed E-state index contributed by atoms with van der Waals surface area (Å²) in [6, 6.07) is 0. The number of nitrogens with zero attached hydrogens (tertiary/aromatic N) is 2. The molecule has 1 unspecified atom stereocenters. The van der Waals surface area contributed by atoms with Gasteiger partial charge in [-0.3, -0.25) is 0 Å². The van der Waals surface area contributed by atoms with Crippen LogP contribution in [-0.4, -0.2) is 29.8 Å². The first kappa shape index (κ1) is 12.1. The highest BCUT2D eigenvalue weighted by Gasteiger charge is 2.25. The van der Waals surface area contributed by atoms with Gasteiger partial charge in [-0.05, 0) is 12.8 Å². The van der Waals surface area contributed by atoms with Gasteiger partial charge < -0.3 is 14.6 Å². The topological polar surface area (TPSA) is 60.2 Å². The largest absolute Gasteiger partial charge is 0.367 e. The lowest BCUT2D eigenvalue weighted by Crippen LogP contribution is -2.33. The Labute approximate surface area is 107 Å². The smallest absolute Gasteiger partial charge is 0.229 e. The van der Waals surface area contributed by atoms with Crippen molar-refractivity contribution in [1.29, 1.82) is 0 Å². The molecule has 1 saturated heterocycles. The minimum atomic E-state index is -0.0398. The number of hydrogen-bond donors (Lipinski definition) is 1. The second-order valence-corrected chi connectivity index (χ2v) is 5.24. The summed E-state index contributed by atoms with van der Waals surface area (Å²) in [5.41, 5.74) is 0. The van der Waals surface area contributed by atoms with E-state index in [1.54, 1.807) is 0 Å². The van der Waals surface area contributed by atoms with Crippen molar-refractivity contribution in [2.24, 2.45) is 0 Å². The van der Waals surface area contributed by atoms with E-state index in [0.29, 0.717) is 11.7 Å². The monoisotopic (exact) mass is 251 g/mol. The lowest BCUT2D eigenvalue weighted by molar-refractivity contribution is 0.0208. The molecule has 1 N–H and O–H groups in total. The molecule has 5 nitrogen and oxygen atoms in total. The van der Waals surface area contributed by atoms with Crippen LogP contribution in [0.25, 0.3) is 0 Å². The van der Waals surface area contributed by atoms with Gasteiger partial charge in [0.25, 0.3) is 0 Å². The first-order valence-corrected chi connectivity index (χ1v) is 7.09. The van der Waals surface area contributed by atoms with Crippen molar-refractivity contribution in [3.8, 4) is 0 Å². The molecule has 100 valence electrons. The van der Waals surface area contributed by atoms with Gasteiger partial charge in [0.05, 0.1) is 6.61 Å². The maximum atomic E-state index is 5.64. The summed E-state index contributed by atoms with van der Waals surface area (Å²) in [6.07, 6.45) is 7.58. The van der Waals surface area contributed by atoms with Crippen molar-refractivity contribution in [3.63, 3.8) is 0 Å². The third-order valence-electron chi connectivity index (χ3n) is 3.88. The molecule has 1 aromatic heterocycles. The molecule has 2 aliphatic rings. The van der Waals surface area contributed by atoms with E-state index in [0.717, 1.165) is 25.6 Å². The fourth-order valence-corrected chi connectivity index (χ4v) is 2.80. The molecular formula is C13H21N3O2. The quantitative estimate of drug-likeness (QED) is 0.816. The molecule has 0 bridgehead atoms. The van der Waals surface area contributed by atoms with Crippen molar-refractivity contribution in [3.05, 3.63) is 11.7 Å². The Morgan fingerprint density at radius 3 is 2.67 bits per heavy atom. The van der Waals surface area contributed by atoms with Gasteiger partial charge in [-0.2, -0.15) is 4.98 Å². The van der Waals surface area contributed by atoms with Gasteiger partial charge in [0.15, 0.2) is 0 Å². The van der Waals surface area contributed by atoms with Crippen LogP contribution in [0.4, 0.5) is 0 Å². The summed E-state index contributed by atoms with van der Waals surface area (Å²) < 4.78 is 11.1.